The molecule has 11 nitrogen and oxygen atoms in total. The van der Waals surface area contributed by atoms with Gasteiger partial charge >= 0.3 is 5.97 Å². The van der Waals surface area contributed by atoms with E-state index < -0.39 is 42.9 Å². The van der Waals surface area contributed by atoms with Crippen LogP contribution in [0.2, 0.25) is 0 Å². The maximum Gasteiger partial charge on any atom is 0.331 e. The van der Waals surface area contributed by atoms with Gasteiger partial charge in [0.2, 0.25) is 0 Å². The fourth-order valence-corrected chi connectivity index (χ4v) is 4.95. The Kier molecular flexibility index (Phi) is 9.19. The lowest BCUT2D eigenvalue weighted by Gasteiger charge is -2.50. The molecule has 11 heteroatoms. The average Bonchev–Trinajstić information content (AvgIpc) is 2.91. The number of carbonyl (C=O) groups is 1. The molecule has 3 heterocycles. The van der Waals surface area contributed by atoms with Gasteiger partial charge in [0.25, 0.3) is 0 Å². The van der Waals surface area contributed by atoms with Crippen molar-refractivity contribution in [1.82, 2.24) is 0 Å². The SMILES string of the molecule is CCC1OCC(C)[C@@H](C)[C@@H]1OC1OC2COC(c3ccccc3)O[C@H]2[C@H](OCC(=O)OC)C1N=[N+]=[N-]. The first-order valence-electron chi connectivity index (χ1n) is 12.4. The van der Waals surface area contributed by atoms with E-state index in [4.69, 9.17) is 33.2 Å². The van der Waals surface area contributed by atoms with Crippen molar-refractivity contribution in [1.29, 1.82) is 0 Å². The Morgan fingerprint density at radius 2 is 1.92 bits per heavy atom. The largest absolute Gasteiger partial charge is 0.467 e. The molecule has 3 saturated heterocycles. The molecule has 1 aromatic rings. The molecule has 3 aliphatic heterocycles. The first kappa shape index (κ1) is 26.8. The van der Waals surface area contributed by atoms with Gasteiger partial charge in [0, 0.05) is 17.1 Å². The summed E-state index contributed by atoms with van der Waals surface area (Å²) in [4.78, 5) is 15.0. The molecule has 6 unspecified atom stereocenters. The summed E-state index contributed by atoms with van der Waals surface area (Å²) in [6, 6.07) is 8.56. The summed E-state index contributed by atoms with van der Waals surface area (Å²) in [5, 5.41) is 3.99. The molecular formula is C25H35N3O8. The molecule has 0 N–H and O–H groups in total. The number of azide groups is 1. The van der Waals surface area contributed by atoms with Gasteiger partial charge in [-0.25, -0.2) is 4.79 Å². The van der Waals surface area contributed by atoms with Crippen LogP contribution >= 0.6 is 0 Å². The predicted molar refractivity (Wildman–Crippen MR) is 127 cm³/mol. The van der Waals surface area contributed by atoms with Gasteiger partial charge in [-0.15, -0.1) is 0 Å². The van der Waals surface area contributed by atoms with E-state index in [9.17, 15) is 10.3 Å². The van der Waals surface area contributed by atoms with E-state index in [0.29, 0.717) is 6.61 Å². The quantitative estimate of drug-likeness (QED) is 0.227. The molecule has 0 radical (unpaired) electrons. The molecule has 0 saturated carbocycles. The predicted octanol–water partition coefficient (Wildman–Crippen LogP) is 3.53. The maximum atomic E-state index is 11.9. The first-order valence-corrected chi connectivity index (χ1v) is 12.4. The van der Waals surface area contributed by atoms with Crippen LogP contribution in [0.25, 0.3) is 10.4 Å². The Morgan fingerprint density at radius 3 is 2.61 bits per heavy atom. The third-order valence-corrected chi connectivity index (χ3v) is 7.23. The van der Waals surface area contributed by atoms with E-state index in [0.717, 1.165) is 12.0 Å². The zero-order valence-corrected chi connectivity index (χ0v) is 21.1. The van der Waals surface area contributed by atoms with Crippen molar-refractivity contribution in [2.45, 2.75) is 76.3 Å². The van der Waals surface area contributed by atoms with Crippen molar-refractivity contribution in [3.8, 4) is 0 Å². The normalized spacial score (nSPS) is 38.4. The standard InChI is InChI=1S/C25H35N3O8/c1-5-17-21(15(3)14(2)11-31-17)35-25-20(27-28-26)23(32-13-19(29)30-4)22-18(34-25)12-33-24(36-22)16-9-7-6-8-10-16/h6-10,14-15,17-18,20-25H,5,11-13H2,1-4H3/t14?,15-,17?,18?,20?,21+,22-,23-,24?,25?/m1/s1. The maximum absolute atomic E-state index is 11.9. The number of fused-ring (bicyclic) bond motifs is 1. The highest BCUT2D eigenvalue weighted by molar-refractivity contribution is 5.70. The number of nitrogens with zero attached hydrogens (tertiary/aromatic N) is 3. The lowest BCUT2D eigenvalue weighted by atomic mass is 9.84. The summed E-state index contributed by atoms with van der Waals surface area (Å²) in [5.74, 6) is -0.0880. The third kappa shape index (κ3) is 5.84. The van der Waals surface area contributed by atoms with Crippen LogP contribution in [0.4, 0.5) is 0 Å². The molecule has 0 aliphatic carbocycles. The number of hydrogen-bond donors (Lipinski definition) is 0. The van der Waals surface area contributed by atoms with Crippen LogP contribution in [0, 0.1) is 11.8 Å². The van der Waals surface area contributed by atoms with Crippen LogP contribution in [0.1, 0.15) is 39.0 Å². The summed E-state index contributed by atoms with van der Waals surface area (Å²) >= 11 is 0. The van der Waals surface area contributed by atoms with Crippen molar-refractivity contribution in [2.24, 2.45) is 17.0 Å². The number of methoxy groups -OCH3 is 1. The van der Waals surface area contributed by atoms with E-state index in [1.54, 1.807) is 0 Å². The molecule has 0 bridgehead atoms. The van der Waals surface area contributed by atoms with Crippen LogP contribution in [-0.2, 0) is 38.0 Å². The van der Waals surface area contributed by atoms with Crippen molar-refractivity contribution in [2.75, 3.05) is 26.9 Å². The third-order valence-electron chi connectivity index (χ3n) is 7.23. The van der Waals surface area contributed by atoms with Crippen LogP contribution in [0.15, 0.2) is 35.4 Å². The number of esters is 1. The van der Waals surface area contributed by atoms with Gasteiger partial charge in [-0.1, -0.05) is 56.2 Å². The van der Waals surface area contributed by atoms with Gasteiger partial charge < -0.3 is 33.2 Å². The molecule has 10 atom stereocenters. The Morgan fingerprint density at radius 1 is 1.14 bits per heavy atom. The zero-order chi connectivity index (χ0) is 25.7. The smallest absolute Gasteiger partial charge is 0.331 e. The fraction of sp³-hybridized carbons (Fsp3) is 0.720. The highest BCUT2D eigenvalue weighted by Crippen LogP contribution is 2.39. The Hall–Kier alpha value is -2.24. The topological polar surface area (TPSA) is 130 Å². The zero-order valence-electron chi connectivity index (χ0n) is 21.1. The molecule has 0 spiro atoms. The van der Waals surface area contributed by atoms with E-state index >= 15 is 0 Å². The summed E-state index contributed by atoms with van der Waals surface area (Å²) in [5.41, 5.74) is 10.2. The Balaban J connectivity index is 1.60. The van der Waals surface area contributed by atoms with E-state index in [2.05, 4.69) is 23.9 Å². The van der Waals surface area contributed by atoms with Crippen LogP contribution < -0.4 is 0 Å². The molecular weight excluding hydrogens is 470 g/mol. The van der Waals surface area contributed by atoms with Crippen molar-refractivity contribution >= 4 is 5.97 Å². The van der Waals surface area contributed by atoms with Gasteiger partial charge in [0.15, 0.2) is 12.6 Å². The van der Waals surface area contributed by atoms with E-state index in [1.807, 2.05) is 37.3 Å². The second kappa shape index (κ2) is 12.3. The van der Waals surface area contributed by atoms with Crippen LogP contribution in [0.5, 0.6) is 0 Å². The van der Waals surface area contributed by atoms with E-state index in [1.165, 1.54) is 7.11 Å². The van der Waals surface area contributed by atoms with Crippen molar-refractivity contribution in [3.05, 3.63) is 46.3 Å². The van der Waals surface area contributed by atoms with Gasteiger partial charge in [0.05, 0.1) is 25.9 Å². The summed E-state index contributed by atoms with van der Waals surface area (Å²) in [6.45, 7) is 6.80. The fourth-order valence-electron chi connectivity index (χ4n) is 4.95. The first-order chi connectivity index (χ1) is 17.5. The lowest BCUT2D eigenvalue weighted by Crippen LogP contribution is -2.64. The lowest BCUT2D eigenvalue weighted by molar-refractivity contribution is -0.357. The Labute approximate surface area is 210 Å². The molecule has 3 aliphatic rings. The highest BCUT2D eigenvalue weighted by Gasteiger charge is 2.52. The molecule has 4 rings (SSSR count). The van der Waals surface area contributed by atoms with Crippen molar-refractivity contribution < 1.29 is 38.0 Å². The second-order valence-corrected chi connectivity index (χ2v) is 9.48. The van der Waals surface area contributed by atoms with Gasteiger partial charge in [-0.2, -0.15) is 0 Å². The van der Waals surface area contributed by atoms with Crippen molar-refractivity contribution in [3.63, 3.8) is 0 Å². The van der Waals surface area contributed by atoms with E-state index in [-0.39, 0.29) is 37.3 Å². The molecule has 36 heavy (non-hydrogen) atoms. The number of carbonyl (C=O) groups excluding carboxylic acids is 1. The molecule has 3 fully saturated rings. The Bertz CT molecular complexity index is 912. The highest BCUT2D eigenvalue weighted by atomic mass is 16.8. The second-order valence-electron chi connectivity index (χ2n) is 9.48. The van der Waals surface area contributed by atoms with Gasteiger partial charge in [0.1, 0.15) is 31.0 Å². The van der Waals surface area contributed by atoms with Gasteiger partial charge in [-0.3, -0.25) is 0 Å². The number of ether oxygens (including phenoxy) is 7. The minimum Gasteiger partial charge on any atom is -0.467 e. The number of hydrogen-bond acceptors (Lipinski definition) is 9. The number of rotatable bonds is 8. The molecule has 0 amide bonds. The van der Waals surface area contributed by atoms with Gasteiger partial charge in [-0.05, 0) is 23.8 Å². The minimum absolute atomic E-state index is 0.125. The average molecular weight is 506 g/mol. The molecule has 1 aromatic carbocycles. The summed E-state index contributed by atoms with van der Waals surface area (Å²) in [6.07, 6.45) is -3.33. The molecule has 198 valence electrons. The summed E-state index contributed by atoms with van der Waals surface area (Å²) < 4.78 is 41.7. The van der Waals surface area contributed by atoms with Crippen LogP contribution in [0.3, 0.4) is 0 Å². The number of benzene rings is 1. The minimum atomic E-state index is -0.944. The molecule has 0 aromatic heterocycles. The monoisotopic (exact) mass is 505 g/mol. The summed E-state index contributed by atoms with van der Waals surface area (Å²) in [7, 11) is 1.28. The van der Waals surface area contributed by atoms with Crippen LogP contribution in [-0.4, -0.2) is 75.8 Å².